The topological polar surface area (TPSA) is 36.4 Å². The summed E-state index contributed by atoms with van der Waals surface area (Å²) in [6.07, 6.45) is 7.63. The van der Waals surface area contributed by atoms with Crippen LogP contribution in [0.1, 0.15) is 34.3 Å². The Kier molecular flexibility index (Phi) is 8.62. The van der Waals surface area contributed by atoms with E-state index in [0.29, 0.717) is 27.3 Å². The van der Waals surface area contributed by atoms with Gasteiger partial charge in [-0.2, -0.15) is 0 Å². The third-order valence-corrected chi connectivity index (χ3v) is 9.93. The van der Waals surface area contributed by atoms with Gasteiger partial charge in [-0.3, -0.25) is 9.69 Å². The van der Waals surface area contributed by atoms with Crippen molar-refractivity contribution >= 4 is 64.2 Å². The second-order valence-electron chi connectivity index (χ2n) is 10.7. The number of fused-ring (bicyclic) bond motifs is 2. The summed E-state index contributed by atoms with van der Waals surface area (Å²) in [6.45, 7) is 3.24. The van der Waals surface area contributed by atoms with Crippen LogP contribution in [0.2, 0.25) is 15.2 Å². The Morgan fingerprint density at radius 3 is 2.43 bits per heavy atom. The van der Waals surface area contributed by atoms with Crippen molar-refractivity contribution in [1.29, 1.82) is 0 Å². The fourth-order valence-corrected chi connectivity index (χ4v) is 7.11. The second-order valence-corrected chi connectivity index (χ2v) is 13.0. The van der Waals surface area contributed by atoms with Crippen molar-refractivity contribution in [3.63, 3.8) is 0 Å². The summed E-state index contributed by atoms with van der Waals surface area (Å²) in [5, 5.41) is 1.39. The van der Waals surface area contributed by atoms with E-state index in [1.165, 1.54) is 17.7 Å². The second kappa shape index (κ2) is 12.4. The summed E-state index contributed by atoms with van der Waals surface area (Å²) >= 11 is 19.9. The van der Waals surface area contributed by atoms with Crippen LogP contribution in [0.25, 0.3) is 6.08 Å². The van der Waals surface area contributed by atoms with Gasteiger partial charge in [0.05, 0.1) is 10.0 Å². The van der Waals surface area contributed by atoms with Gasteiger partial charge >= 0.3 is 0 Å². The molecule has 1 spiro atoms. The largest absolute Gasteiger partial charge is 0.307 e. The first-order valence-electron chi connectivity index (χ1n) is 13.6. The number of pyridine rings is 1. The molecule has 3 aromatic carbocycles. The summed E-state index contributed by atoms with van der Waals surface area (Å²) in [5.41, 5.74) is 3.50. The van der Waals surface area contributed by atoms with Crippen LogP contribution in [-0.2, 0) is 5.41 Å². The molecular formula is C33H27Cl3FN3OS. The highest BCUT2D eigenvalue weighted by molar-refractivity contribution is 7.99. The number of nitrogens with zero attached hydrogens (tertiary/aromatic N) is 3. The molecule has 2 aliphatic heterocycles. The maximum absolute atomic E-state index is 13.7. The fourth-order valence-electron chi connectivity index (χ4n) is 5.77. The summed E-state index contributed by atoms with van der Waals surface area (Å²) in [5.74, 6) is -0.334. The Morgan fingerprint density at radius 1 is 0.929 bits per heavy atom. The van der Waals surface area contributed by atoms with Crippen LogP contribution in [0, 0.1) is 5.82 Å². The first kappa shape index (κ1) is 29.2. The van der Waals surface area contributed by atoms with Crippen LogP contribution in [0.15, 0.2) is 94.9 Å². The number of hydrogen-bond donors (Lipinski definition) is 0. The van der Waals surface area contributed by atoms with E-state index in [-0.39, 0.29) is 17.1 Å². The number of anilines is 1. The van der Waals surface area contributed by atoms with Gasteiger partial charge in [-0.25, -0.2) is 9.37 Å². The van der Waals surface area contributed by atoms with E-state index in [9.17, 15) is 9.18 Å². The van der Waals surface area contributed by atoms with E-state index < -0.39 is 0 Å². The average Bonchev–Trinajstić information content (AvgIpc) is 3.30. The zero-order chi connectivity index (χ0) is 29.3. The number of carbonyl (C=O) groups excluding carboxylic acids is 1. The highest BCUT2D eigenvalue weighted by Crippen LogP contribution is 2.49. The molecule has 0 aliphatic carbocycles. The van der Waals surface area contributed by atoms with E-state index in [1.807, 2.05) is 29.2 Å². The molecule has 1 amide bonds. The van der Waals surface area contributed by atoms with Crippen molar-refractivity contribution < 1.29 is 9.18 Å². The first-order chi connectivity index (χ1) is 20.3. The number of aromatic nitrogens is 1. The summed E-state index contributed by atoms with van der Waals surface area (Å²) in [4.78, 5) is 24.1. The van der Waals surface area contributed by atoms with Crippen LogP contribution >= 0.6 is 46.6 Å². The number of rotatable bonds is 6. The Balaban J connectivity index is 1.23. The van der Waals surface area contributed by atoms with Crippen molar-refractivity contribution in [3.8, 4) is 0 Å². The molecule has 1 fully saturated rings. The van der Waals surface area contributed by atoms with Crippen LogP contribution in [0.3, 0.4) is 0 Å². The van der Waals surface area contributed by atoms with Gasteiger partial charge in [0.15, 0.2) is 0 Å². The van der Waals surface area contributed by atoms with Crippen LogP contribution in [0.5, 0.6) is 0 Å². The highest BCUT2D eigenvalue weighted by Gasteiger charge is 2.46. The first-order valence-corrected chi connectivity index (χ1v) is 15.6. The molecule has 0 radical (unpaired) electrons. The number of benzene rings is 3. The number of carbonyl (C=O) groups is 1. The molecule has 0 unspecified atom stereocenters. The van der Waals surface area contributed by atoms with Crippen molar-refractivity contribution in [2.45, 2.75) is 28.0 Å². The minimum absolute atomic E-state index is 0.0802. The monoisotopic (exact) mass is 637 g/mol. The lowest BCUT2D eigenvalue weighted by Gasteiger charge is -2.39. The van der Waals surface area contributed by atoms with Gasteiger partial charge in [0.1, 0.15) is 11.0 Å². The van der Waals surface area contributed by atoms with Crippen LogP contribution in [0.4, 0.5) is 10.1 Å². The van der Waals surface area contributed by atoms with Gasteiger partial charge in [0, 0.05) is 45.7 Å². The maximum Gasteiger partial charge on any atom is 0.258 e. The van der Waals surface area contributed by atoms with Gasteiger partial charge in [0.25, 0.3) is 5.91 Å². The minimum Gasteiger partial charge on any atom is -0.307 e. The Bertz CT molecular complexity index is 1660. The number of likely N-dealkylation sites (tertiary alicyclic amines) is 1. The summed E-state index contributed by atoms with van der Waals surface area (Å²) in [6, 6.07) is 21.8. The molecular weight excluding hydrogens is 612 g/mol. The van der Waals surface area contributed by atoms with Gasteiger partial charge < -0.3 is 4.90 Å². The molecule has 0 N–H and O–H groups in total. The van der Waals surface area contributed by atoms with E-state index >= 15 is 0 Å². The average molecular weight is 639 g/mol. The molecule has 0 atom stereocenters. The molecule has 214 valence electrons. The van der Waals surface area contributed by atoms with Crippen molar-refractivity contribution in [3.05, 3.63) is 123 Å². The lowest BCUT2D eigenvalue weighted by Crippen LogP contribution is -2.46. The molecule has 6 rings (SSSR count). The zero-order valence-corrected chi connectivity index (χ0v) is 25.7. The summed E-state index contributed by atoms with van der Waals surface area (Å²) < 4.78 is 13.5. The highest BCUT2D eigenvalue weighted by atomic mass is 35.5. The third kappa shape index (κ3) is 6.24. The molecule has 42 heavy (non-hydrogen) atoms. The van der Waals surface area contributed by atoms with Crippen molar-refractivity contribution in [2.75, 3.05) is 31.1 Å². The Morgan fingerprint density at radius 2 is 1.69 bits per heavy atom. The fraction of sp³-hybridized carbons (Fsp3) is 0.212. The molecule has 4 nitrogen and oxygen atoms in total. The molecule has 2 aliphatic rings. The third-order valence-electron chi connectivity index (χ3n) is 7.99. The van der Waals surface area contributed by atoms with E-state index in [0.717, 1.165) is 53.5 Å². The quantitative estimate of drug-likeness (QED) is 0.198. The normalized spacial score (nSPS) is 16.3. The van der Waals surface area contributed by atoms with Crippen molar-refractivity contribution in [1.82, 2.24) is 9.88 Å². The molecule has 1 saturated heterocycles. The van der Waals surface area contributed by atoms with Crippen LogP contribution < -0.4 is 4.90 Å². The van der Waals surface area contributed by atoms with E-state index in [2.05, 4.69) is 28.1 Å². The molecule has 4 aromatic rings. The number of hydrogen-bond acceptors (Lipinski definition) is 4. The van der Waals surface area contributed by atoms with E-state index in [1.54, 1.807) is 48.3 Å². The molecule has 0 bridgehead atoms. The Labute approximate surface area is 264 Å². The van der Waals surface area contributed by atoms with Gasteiger partial charge in [-0.05, 0) is 104 Å². The van der Waals surface area contributed by atoms with E-state index in [4.69, 9.17) is 34.8 Å². The Hall–Kier alpha value is -2.87. The van der Waals surface area contributed by atoms with Crippen LogP contribution in [-0.4, -0.2) is 42.0 Å². The van der Waals surface area contributed by atoms with Gasteiger partial charge in [-0.15, -0.1) is 0 Å². The lowest BCUT2D eigenvalue weighted by atomic mass is 9.74. The standard InChI is InChI=1S/C33H27Cl3FN3OS/c34-28-9-3-22(18-29(28)35)2-1-15-39-16-12-33(13-17-39)21-40(32(41)23-11-14-38-31(36)19-23)30-10-8-26(20-27(30)33)42-25-6-4-24(37)5-7-25/h1-11,14,18-20H,12-13,15-17,21H2/b2-1+. The number of amides is 1. The SMILES string of the molecule is O=C(c1ccnc(Cl)c1)N1CC2(CCN(C/C=C/c3ccc(Cl)c(Cl)c3)CC2)c2cc(Sc3ccc(F)cc3)ccc21. The predicted molar refractivity (Wildman–Crippen MR) is 171 cm³/mol. The maximum atomic E-state index is 13.7. The predicted octanol–water partition coefficient (Wildman–Crippen LogP) is 9.04. The number of piperidine rings is 1. The summed E-state index contributed by atoms with van der Waals surface area (Å²) in [7, 11) is 0. The van der Waals surface area contributed by atoms with Crippen molar-refractivity contribution in [2.24, 2.45) is 0 Å². The lowest BCUT2D eigenvalue weighted by molar-refractivity contribution is 0.0977. The molecule has 0 saturated carbocycles. The molecule has 3 heterocycles. The molecule has 9 heteroatoms. The van der Waals surface area contributed by atoms with Gasteiger partial charge in [0.2, 0.25) is 0 Å². The zero-order valence-electron chi connectivity index (χ0n) is 22.6. The smallest absolute Gasteiger partial charge is 0.258 e. The minimum atomic E-state index is -0.254. The number of halogens is 4. The van der Waals surface area contributed by atoms with Gasteiger partial charge in [-0.1, -0.05) is 64.8 Å². The molecule has 1 aromatic heterocycles.